The van der Waals surface area contributed by atoms with E-state index in [1.54, 1.807) is 36.4 Å². The third kappa shape index (κ3) is 5.85. The van der Waals surface area contributed by atoms with Crippen LogP contribution in [0.15, 0.2) is 72.8 Å². The van der Waals surface area contributed by atoms with Gasteiger partial charge in [-0.1, -0.05) is 30.3 Å². The maximum absolute atomic E-state index is 12.8. The zero-order valence-electron chi connectivity index (χ0n) is 16.5. The number of rotatable bonds is 6. The van der Waals surface area contributed by atoms with E-state index in [4.69, 9.17) is 4.74 Å². The monoisotopic (exact) mass is 428 g/mol. The molecule has 160 valence electrons. The Bertz CT molecular complexity index is 1100. The molecule has 8 heteroatoms. The molecule has 5 nitrogen and oxygen atoms in total. The highest BCUT2D eigenvalue weighted by Crippen LogP contribution is 2.30. The molecule has 0 spiro atoms. The standard InChI is InChI=1S/C23H19F3N2O3/c1-31-20-11-3-2-6-15(20)13-21(29)27-18-9-4-7-16(12-18)22(30)28-19-10-5-8-17(14-19)23(24,25)26/h2-12,14H,13H2,1H3,(H,27,29)(H,28,30). The number of amides is 2. The van der Waals surface area contributed by atoms with Crippen LogP contribution in [0.1, 0.15) is 21.5 Å². The second-order valence-electron chi connectivity index (χ2n) is 6.65. The molecule has 0 bridgehead atoms. The Hall–Kier alpha value is -3.81. The van der Waals surface area contributed by atoms with Gasteiger partial charge in [-0.3, -0.25) is 9.59 Å². The van der Waals surface area contributed by atoms with Gasteiger partial charge in [-0.2, -0.15) is 13.2 Å². The quantitative estimate of drug-likeness (QED) is 0.571. The van der Waals surface area contributed by atoms with Crippen molar-refractivity contribution in [1.82, 2.24) is 0 Å². The van der Waals surface area contributed by atoms with Gasteiger partial charge in [0.05, 0.1) is 19.1 Å². The third-order valence-electron chi connectivity index (χ3n) is 4.40. The number of anilines is 2. The predicted molar refractivity (Wildman–Crippen MR) is 111 cm³/mol. The van der Waals surface area contributed by atoms with Crippen LogP contribution >= 0.6 is 0 Å². The Balaban J connectivity index is 1.68. The Morgan fingerprint density at radius 1 is 0.871 bits per heavy atom. The van der Waals surface area contributed by atoms with Crippen LogP contribution in [0.5, 0.6) is 5.75 Å². The average Bonchev–Trinajstić information content (AvgIpc) is 2.74. The van der Waals surface area contributed by atoms with Gasteiger partial charge in [0, 0.05) is 22.5 Å². The van der Waals surface area contributed by atoms with Gasteiger partial charge in [0.25, 0.3) is 5.91 Å². The number of ether oxygens (including phenoxy) is 1. The Morgan fingerprint density at radius 2 is 1.55 bits per heavy atom. The first-order chi connectivity index (χ1) is 14.8. The molecule has 3 aromatic carbocycles. The largest absolute Gasteiger partial charge is 0.496 e. The van der Waals surface area contributed by atoms with Gasteiger partial charge >= 0.3 is 6.18 Å². The van der Waals surface area contributed by atoms with E-state index in [1.807, 2.05) is 0 Å². The van der Waals surface area contributed by atoms with Crippen LogP contribution in [-0.4, -0.2) is 18.9 Å². The SMILES string of the molecule is COc1ccccc1CC(=O)Nc1cccc(C(=O)Nc2cccc(C(F)(F)F)c2)c1. The summed E-state index contributed by atoms with van der Waals surface area (Å²) in [6.45, 7) is 0. The van der Waals surface area contributed by atoms with E-state index in [2.05, 4.69) is 10.6 Å². The number of nitrogens with one attached hydrogen (secondary N) is 2. The molecule has 0 aliphatic rings. The maximum atomic E-state index is 12.8. The first-order valence-electron chi connectivity index (χ1n) is 9.26. The van der Waals surface area contributed by atoms with Crippen LogP contribution in [0.2, 0.25) is 0 Å². The summed E-state index contributed by atoms with van der Waals surface area (Å²) in [5, 5.41) is 5.14. The van der Waals surface area contributed by atoms with Crippen molar-refractivity contribution >= 4 is 23.2 Å². The van der Waals surface area contributed by atoms with E-state index < -0.39 is 17.6 Å². The van der Waals surface area contributed by atoms with Gasteiger partial charge in [-0.25, -0.2) is 0 Å². The van der Waals surface area contributed by atoms with Crippen LogP contribution in [0.4, 0.5) is 24.5 Å². The molecule has 0 unspecified atom stereocenters. The van der Waals surface area contributed by atoms with Gasteiger partial charge < -0.3 is 15.4 Å². The van der Waals surface area contributed by atoms with Crippen LogP contribution in [0, 0.1) is 0 Å². The summed E-state index contributed by atoms with van der Waals surface area (Å²) >= 11 is 0. The molecule has 0 fully saturated rings. The van der Waals surface area contributed by atoms with E-state index in [9.17, 15) is 22.8 Å². The normalized spacial score (nSPS) is 11.0. The van der Waals surface area contributed by atoms with Crippen LogP contribution in [0.25, 0.3) is 0 Å². The molecule has 0 saturated heterocycles. The molecule has 0 aliphatic heterocycles. The van der Waals surface area contributed by atoms with E-state index in [0.29, 0.717) is 17.0 Å². The minimum atomic E-state index is -4.51. The fourth-order valence-electron chi connectivity index (χ4n) is 2.94. The molecule has 0 radical (unpaired) electrons. The van der Waals surface area contributed by atoms with Crippen molar-refractivity contribution in [3.8, 4) is 5.75 Å². The molecule has 2 amide bonds. The molecule has 0 atom stereocenters. The smallest absolute Gasteiger partial charge is 0.416 e. The lowest BCUT2D eigenvalue weighted by Gasteiger charge is -2.11. The zero-order valence-corrected chi connectivity index (χ0v) is 16.5. The van der Waals surface area contributed by atoms with E-state index >= 15 is 0 Å². The number of carbonyl (C=O) groups excluding carboxylic acids is 2. The van der Waals surface area contributed by atoms with Crippen molar-refractivity contribution in [3.63, 3.8) is 0 Å². The Morgan fingerprint density at radius 3 is 2.26 bits per heavy atom. The van der Waals surface area contributed by atoms with Crippen LogP contribution in [-0.2, 0) is 17.4 Å². The topological polar surface area (TPSA) is 67.4 Å². The highest BCUT2D eigenvalue weighted by atomic mass is 19.4. The summed E-state index contributed by atoms with van der Waals surface area (Å²) in [5.41, 5.74) is 0.443. The van der Waals surface area contributed by atoms with Crippen LogP contribution < -0.4 is 15.4 Å². The molecular formula is C23H19F3N2O3. The molecule has 3 aromatic rings. The molecule has 3 rings (SSSR count). The molecular weight excluding hydrogens is 409 g/mol. The maximum Gasteiger partial charge on any atom is 0.416 e. The molecule has 2 N–H and O–H groups in total. The Kier molecular flexibility index (Phi) is 6.59. The van der Waals surface area contributed by atoms with Gasteiger partial charge in [0.2, 0.25) is 5.91 Å². The highest BCUT2D eigenvalue weighted by molar-refractivity contribution is 6.05. The lowest BCUT2D eigenvalue weighted by atomic mass is 10.1. The molecule has 0 saturated carbocycles. The number of halogens is 3. The molecule has 31 heavy (non-hydrogen) atoms. The predicted octanol–water partition coefficient (Wildman–Crippen LogP) is 5.15. The van der Waals surface area contributed by atoms with Crippen molar-refractivity contribution in [2.75, 3.05) is 17.7 Å². The van der Waals surface area contributed by atoms with Gasteiger partial charge in [0.15, 0.2) is 0 Å². The summed E-state index contributed by atoms with van der Waals surface area (Å²) in [7, 11) is 1.52. The Labute approximate surface area is 176 Å². The first-order valence-corrected chi connectivity index (χ1v) is 9.26. The fourth-order valence-corrected chi connectivity index (χ4v) is 2.94. The van der Waals surface area contributed by atoms with Crippen molar-refractivity contribution in [2.24, 2.45) is 0 Å². The fraction of sp³-hybridized carbons (Fsp3) is 0.130. The zero-order chi connectivity index (χ0) is 22.4. The van der Waals surface area contributed by atoms with Crippen LogP contribution in [0.3, 0.4) is 0 Å². The minimum absolute atomic E-state index is 0.0189. The molecule has 0 aromatic heterocycles. The van der Waals surface area contributed by atoms with E-state index in [1.165, 1.54) is 31.4 Å². The summed E-state index contributed by atoms with van der Waals surface area (Å²) in [6.07, 6.45) is -4.43. The minimum Gasteiger partial charge on any atom is -0.496 e. The third-order valence-corrected chi connectivity index (χ3v) is 4.40. The van der Waals surface area contributed by atoms with Crippen molar-refractivity contribution in [1.29, 1.82) is 0 Å². The summed E-state index contributed by atoms with van der Waals surface area (Å²) in [6, 6.07) is 17.6. The van der Waals surface area contributed by atoms with E-state index in [0.717, 1.165) is 12.1 Å². The highest BCUT2D eigenvalue weighted by Gasteiger charge is 2.30. The second-order valence-corrected chi connectivity index (χ2v) is 6.65. The lowest BCUT2D eigenvalue weighted by molar-refractivity contribution is -0.137. The molecule has 0 heterocycles. The number of benzene rings is 3. The van der Waals surface area contributed by atoms with E-state index in [-0.39, 0.29) is 23.6 Å². The number of carbonyl (C=O) groups is 2. The summed E-state index contributed by atoms with van der Waals surface area (Å²) in [4.78, 5) is 24.8. The summed E-state index contributed by atoms with van der Waals surface area (Å²) < 4.78 is 43.8. The number of methoxy groups -OCH3 is 1. The average molecular weight is 428 g/mol. The second kappa shape index (κ2) is 9.34. The van der Waals surface area contributed by atoms with Gasteiger partial charge in [-0.05, 0) is 42.5 Å². The lowest BCUT2D eigenvalue weighted by Crippen LogP contribution is -2.16. The number of para-hydroxylation sites is 1. The van der Waals surface area contributed by atoms with Crippen molar-refractivity contribution in [2.45, 2.75) is 12.6 Å². The van der Waals surface area contributed by atoms with Gasteiger partial charge in [-0.15, -0.1) is 0 Å². The first kappa shape index (κ1) is 21.9. The number of hydrogen-bond acceptors (Lipinski definition) is 3. The summed E-state index contributed by atoms with van der Waals surface area (Å²) in [5.74, 6) is -0.313. The number of alkyl halides is 3. The molecule has 0 aliphatic carbocycles. The van der Waals surface area contributed by atoms with Crippen molar-refractivity contribution < 1.29 is 27.5 Å². The van der Waals surface area contributed by atoms with Gasteiger partial charge in [0.1, 0.15) is 5.75 Å². The van der Waals surface area contributed by atoms with Crippen molar-refractivity contribution in [3.05, 3.63) is 89.5 Å². The number of hydrogen-bond donors (Lipinski definition) is 2.